The lowest BCUT2D eigenvalue weighted by Gasteiger charge is -2.27. The highest BCUT2D eigenvalue weighted by atomic mass is 16.5. The van der Waals surface area contributed by atoms with E-state index in [4.69, 9.17) is 14.5 Å². The number of hydrogen-bond acceptors (Lipinski definition) is 4. The topological polar surface area (TPSA) is 43.2 Å². The molecule has 1 heterocycles. The smallest absolute Gasteiger partial charge is 0.209 e. The highest BCUT2D eigenvalue weighted by molar-refractivity contribution is 5.94. The summed E-state index contributed by atoms with van der Waals surface area (Å²) in [6.07, 6.45) is 10.0. The molecule has 0 spiro atoms. The second-order valence-corrected chi connectivity index (χ2v) is 5.75. The summed E-state index contributed by atoms with van der Waals surface area (Å²) in [4.78, 5) is 9.40. The minimum atomic E-state index is -0.0177. The highest BCUT2D eigenvalue weighted by Gasteiger charge is 2.30. The van der Waals surface area contributed by atoms with Crippen LogP contribution >= 0.6 is 0 Å². The largest absolute Gasteiger partial charge is 0.483 e. The van der Waals surface area contributed by atoms with E-state index < -0.39 is 0 Å². The van der Waals surface area contributed by atoms with Crippen LogP contribution in [0, 0.1) is 5.92 Å². The fourth-order valence-corrected chi connectivity index (χ4v) is 2.49. The number of hydrogen-bond donors (Lipinski definition) is 0. The summed E-state index contributed by atoms with van der Waals surface area (Å²) in [6, 6.07) is -0.00226. The second-order valence-electron chi connectivity index (χ2n) is 5.75. The summed E-state index contributed by atoms with van der Waals surface area (Å²) in [6.45, 7) is 6.31. The van der Waals surface area contributed by atoms with Gasteiger partial charge in [0, 0.05) is 0 Å². The lowest BCUT2D eigenvalue weighted by atomic mass is 10.0. The van der Waals surface area contributed by atoms with E-state index in [1.54, 1.807) is 14.2 Å². The molecule has 2 atom stereocenters. The van der Waals surface area contributed by atoms with E-state index in [2.05, 4.69) is 37.9 Å². The van der Waals surface area contributed by atoms with Crippen molar-refractivity contribution in [1.29, 1.82) is 0 Å². The van der Waals surface area contributed by atoms with Gasteiger partial charge in [-0.15, -0.1) is 0 Å². The van der Waals surface area contributed by atoms with Gasteiger partial charge in [0.15, 0.2) is 0 Å². The van der Waals surface area contributed by atoms with Gasteiger partial charge in [-0.05, 0) is 32.1 Å². The molecule has 4 heteroatoms. The average molecular weight is 294 g/mol. The van der Waals surface area contributed by atoms with E-state index in [0.29, 0.717) is 5.92 Å². The van der Waals surface area contributed by atoms with Gasteiger partial charge in [-0.25, -0.2) is 9.98 Å². The molecule has 0 aromatic heterocycles. The Morgan fingerprint density at radius 3 is 2.33 bits per heavy atom. The predicted molar refractivity (Wildman–Crippen MR) is 89.2 cm³/mol. The monoisotopic (exact) mass is 294 g/mol. The lowest BCUT2D eigenvalue weighted by Crippen LogP contribution is -2.37. The summed E-state index contributed by atoms with van der Waals surface area (Å²) < 4.78 is 10.9. The fourth-order valence-electron chi connectivity index (χ4n) is 2.49. The molecule has 0 saturated heterocycles. The molecule has 0 bridgehead atoms. The molecule has 120 valence electrons. The van der Waals surface area contributed by atoms with Crippen molar-refractivity contribution in [2.45, 2.75) is 65.0 Å². The van der Waals surface area contributed by atoms with Gasteiger partial charge < -0.3 is 9.47 Å². The molecular weight excluding hydrogens is 264 g/mol. The van der Waals surface area contributed by atoms with Crippen molar-refractivity contribution in [3.05, 3.63) is 12.2 Å². The van der Waals surface area contributed by atoms with Gasteiger partial charge in [0.1, 0.15) is 12.1 Å². The van der Waals surface area contributed by atoms with Crippen LogP contribution in [-0.4, -0.2) is 38.1 Å². The SMILES string of the molecule is C/C=C/CCCCC[C@@H]1N=C(OC)[C@@H](C(C)C)N=C1OC. The zero-order valence-corrected chi connectivity index (χ0v) is 14.1. The zero-order valence-electron chi connectivity index (χ0n) is 14.1. The summed E-state index contributed by atoms with van der Waals surface area (Å²) in [5.41, 5.74) is 0. The molecule has 1 aliphatic rings. The predicted octanol–water partition coefficient (Wildman–Crippen LogP) is 4.01. The van der Waals surface area contributed by atoms with Gasteiger partial charge in [0.2, 0.25) is 11.8 Å². The standard InChI is InChI=1S/C17H30N2O2/c1-6-7-8-9-10-11-12-14-16(20-4)19-15(13(2)3)17(18-14)21-5/h6-7,13-15H,8-12H2,1-5H3/b7-6+/t14-,15+/m0/s1. The number of allylic oxidation sites excluding steroid dienone is 2. The first kappa shape index (κ1) is 17.7. The van der Waals surface area contributed by atoms with Crippen molar-refractivity contribution in [2.75, 3.05) is 14.2 Å². The Morgan fingerprint density at radius 1 is 1.05 bits per heavy atom. The van der Waals surface area contributed by atoms with E-state index in [0.717, 1.165) is 31.1 Å². The maximum absolute atomic E-state index is 5.45. The molecule has 4 nitrogen and oxygen atoms in total. The first-order valence-electron chi connectivity index (χ1n) is 7.98. The van der Waals surface area contributed by atoms with Gasteiger partial charge >= 0.3 is 0 Å². The normalized spacial score (nSPS) is 22.4. The van der Waals surface area contributed by atoms with E-state index in [1.165, 1.54) is 12.8 Å². The number of unbranched alkanes of at least 4 members (excludes halogenated alkanes) is 3. The van der Waals surface area contributed by atoms with Gasteiger partial charge in [-0.3, -0.25) is 0 Å². The van der Waals surface area contributed by atoms with Crippen molar-refractivity contribution in [1.82, 2.24) is 0 Å². The summed E-state index contributed by atoms with van der Waals surface area (Å²) in [5.74, 6) is 1.85. The molecule has 0 aromatic rings. The molecule has 0 aliphatic carbocycles. The fraction of sp³-hybridized carbons (Fsp3) is 0.765. The van der Waals surface area contributed by atoms with Gasteiger partial charge in [0.25, 0.3) is 0 Å². The summed E-state index contributed by atoms with van der Waals surface area (Å²) >= 11 is 0. The number of rotatable bonds is 7. The maximum atomic E-state index is 5.45. The first-order chi connectivity index (χ1) is 10.1. The third-order valence-electron chi connectivity index (χ3n) is 3.72. The minimum absolute atomic E-state index is 0.0154. The Kier molecular flexibility index (Phi) is 8.09. The third kappa shape index (κ3) is 5.52. The van der Waals surface area contributed by atoms with Crippen LogP contribution < -0.4 is 0 Å². The number of methoxy groups -OCH3 is 2. The summed E-state index contributed by atoms with van der Waals surface area (Å²) in [5, 5.41) is 0. The zero-order chi connectivity index (χ0) is 15.7. The van der Waals surface area contributed by atoms with Crippen molar-refractivity contribution in [3.63, 3.8) is 0 Å². The molecule has 0 N–H and O–H groups in total. The number of ether oxygens (including phenoxy) is 2. The van der Waals surface area contributed by atoms with E-state index in [-0.39, 0.29) is 12.1 Å². The molecule has 21 heavy (non-hydrogen) atoms. The molecule has 0 saturated carbocycles. The van der Waals surface area contributed by atoms with Crippen molar-refractivity contribution < 1.29 is 9.47 Å². The average Bonchev–Trinajstić information content (AvgIpc) is 2.49. The Hall–Kier alpha value is -1.32. The van der Waals surface area contributed by atoms with E-state index >= 15 is 0 Å². The molecule has 1 rings (SSSR count). The van der Waals surface area contributed by atoms with E-state index in [1.807, 2.05) is 0 Å². The van der Waals surface area contributed by atoms with Crippen LogP contribution in [0.3, 0.4) is 0 Å². The van der Waals surface area contributed by atoms with Gasteiger partial charge in [-0.1, -0.05) is 38.8 Å². The Morgan fingerprint density at radius 2 is 1.76 bits per heavy atom. The Labute approximate surface area is 129 Å². The highest BCUT2D eigenvalue weighted by Crippen LogP contribution is 2.20. The Bertz CT molecular complexity index is 386. The van der Waals surface area contributed by atoms with Crippen molar-refractivity contribution in [2.24, 2.45) is 15.9 Å². The van der Waals surface area contributed by atoms with Crippen LogP contribution in [0.25, 0.3) is 0 Å². The maximum Gasteiger partial charge on any atom is 0.209 e. The second kappa shape index (κ2) is 9.59. The molecule has 0 unspecified atom stereocenters. The van der Waals surface area contributed by atoms with Gasteiger partial charge in [-0.2, -0.15) is 0 Å². The molecule has 0 fully saturated rings. The van der Waals surface area contributed by atoms with Crippen molar-refractivity contribution in [3.8, 4) is 0 Å². The van der Waals surface area contributed by atoms with Crippen LogP contribution in [-0.2, 0) is 9.47 Å². The number of nitrogens with zero attached hydrogens (tertiary/aromatic N) is 2. The molecule has 0 aromatic carbocycles. The molecule has 1 aliphatic heterocycles. The minimum Gasteiger partial charge on any atom is -0.483 e. The lowest BCUT2D eigenvalue weighted by molar-refractivity contribution is 0.329. The van der Waals surface area contributed by atoms with Crippen LogP contribution in [0.1, 0.15) is 52.9 Å². The van der Waals surface area contributed by atoms with Gasteiger partial charge in [0.05, 0.1) is 14.2 Å². The first-order valence-corrected chi connectivity index (χ1v) is 7.98. The van der Waals surface area contributed by atoms with Crippen molar-refractivity contribution >= 4 is 11.8 Å². The molecular formula is C17H30N2O2. The van der Waals surface area contributed by atoms with Crippen LogP contribution in [0.4, 0.5) is 0 Å². The quantitative estimate of drug-likeness (QED) is 0.526. The number of aliphatic imine (C=N–C) groups is 2. The summed E-state index contributed by atoms with van der Waals surface area (Å²) in [7, 11) is 3.36. The van der Waals surface area contributed by atoms with Crippen LogP contribution in [0.15, 0.2) is 22.1 Å². The molecule has 0 radical (unpaired) electrons. The molecule has 0 amide bonds. The third-order valence-corrected chi connectivity index (χ3v) is 3.72. The van der Waals surface area contributed by atoms with E-state index in [9.17, 15) is 0 Å². The van der Waals surface area contributed by atoms with Crippen LogP contribution in [0.2, 0.25) is 0 Å². The van der Waals surface area contributed by atoms with Crippen LogP contribution in [0.5, 0.6) is 0 Å². The Balaban J connectivity index is 2.56.